The number of carbonyl (C=O) groups is 2. The van der Waals surface area contributed by atoms with Gasteiger partial charge in [-0.3, -0.25) is 9.59 Å². The van der Waals surface area contributed by atoms with Crippen molar-refractivity contribution >= 4 is 24.3 Å². The normalized spacial score (nSPS) is 18.7. The number of morpholine rings is 1. The standard InChI is InChI=1S/C15H20N2O4.ClH/c1-20-14(18)9-12(11-5-3-2-4-6-11)17-15(19)13-10-16-7-8-21-13;/h2-6,12-13,16H,7-10H2,1H3,(H,17,19);1H. The Labute approximate surface area is 136 Å². The average molecular weight is 329 g/mol. The molecule has 0 aromatic heterocycles. The lowest BCUT2D eigenvalue weighted by atomic mass is 10.0. The van der Waals surface area contributed by atoms with E-state index in [1.165, 1.54) is 7.11 Å². The third-order valence-electron chi connectivity index (χ3n) is 3.34. The van der Waals surface area contributed by atoms with Gasteiger partial charge in [-0.2, -0.15) is 0 Å². The minimum atomic E-state index is -0.525. The molecule has 2 N–H and O–H groups in total. The third kappa shape index (κ3) is 5.29. The monoisotopic (exact) mass is 328 g/mol. The molecule has 2 unspecified atom stereocenters. The van der Waals surface area contributed by atoms with E-state index in [2.05, 4.69) is 10.6 Å². The van der Waals surface area contributed by atoms with E-state index < -0.39 is 12.1 Å². The van der Waals surface area contributed by atoms with Gasteiger partial charge in [0.25, 0.3) is 5.91 Å². The molecule has 0 spiro atoms. The molecule has 1 aromatic rings. The van der Waals surface area contributed by atoms with Crippen LogP contribution in [0.5, 0.6) is 0 Å². The van der Waals surface area contributed by atoms with Crippen LogP contribution in [-0.2, 0) is 19.1 Å². The molecule has 2 atom stereocenters. The van der Waals surface area contributed by atoms with Crippen molar-refractivity contribution in [3.05, 3.63) is 35.9 Å². The molecule has 0 bridgehead atoms. The topological polar surface area (TPSA) is 76.7 Å². The SMILES string of the molecule is COC(=O)CC(NC(=O)C1CNCCO1)c1ccccc1.Cl. The number of amides is 1. The summed E-state index contributed by atoms with van der Waals surface area (Å²) in [5, 5.41) is 5.97. The van der Waals surface area contributed by atoms with Gasteiger partial charge in [0.1, 0.15) is 6.10 Å². The lowest BCUT2D eigenvalue weighted by molar-refractivity contribution is -0.142. The summed E-state index contributed by atoms with van der Waals surface area (Å²) in [6, 6.07) is 8.93. The van der Waals surface area contributed by atoms with Crippen molar-refractivity contribution in [2.75, 3.05) is 26.8 Å². The first-order valence-corrected chi connectivity index (χ1v) is 6.95. The zero-order valence-electron chi connectivity index (χ0n) is 12.4. The summed E-state index contributed by atoms with van der Waals surface area (Å²) in [5.41, 5.74) is 0.861. The first kappa shape index (κ1) is 18.4. The molecule has 6 nitrogen and oxygen atoms in total. The number of carbonyl (C=O) groups excluding carboxylic acids is 2. The summed E-state index contributed by atoms with van der Waals surface area (Å²) >= 11 is 0. The summed E-state index contributed by atoms with van der Waals surface area (Å²) < 4.78 is 10.1. The molecule has 1 saturated heterocycles. The maximum atomic E-state index is 12.2. The summed E-state index contributed by atoms with van der Waals surface area (Å²) in [7, 11) is 1.33. The van der Waals surface area contributed by atoms with Gasteiger partial charge < -0.3 is 20.1 Å². The Kier molecular flexibility index (Phi) is 7.87. The summed E-state index contributed by atoms with van der Waals surface area (Å²) in [4.78, 5) is 23.8. The van der Waals surface area contributed by atoms with E-state index in [4.69, 9.17) is 9.47 Å². The van der Waals surface area contributed by atoms with Crippen molar-refractivity contribution in [3.8, 4) is 0 Å². The molecule has 0 aliphatic carbocycles. The Balaban J connectivity index is 0.00000242. The van der Waals surface area contributed by atoms with Gasteiger partial charge in [0, 0.05) is 13.1 Å². The minimum absolute atomic E-state index is 0. The van der Waals surface area contributed by atoms with Gasteiger partial charge in [-0.25, -0.2) is 0 Å². The van der Waals surface area contributed by atoms with Crippen molar-refractivity contribution < 1.29 is 19.1 Å². The quantitative estimate of drug-likeness (QED) is 0.783. The van der Waals surface area contributed by atoms with E-state index in [9.17, 15) is 9.59 Å². The van der Waals surface area contributed by atoms with Gasteiger partial charge in [-0.1, -0.05) is 30.3 Å². The van der Waals surface area contributed by atoms with Gasteiger partial charge in [0.15, 0.2) is 0 Å². The van der Waals surface area contributed by atoms with Crippen LogP contribution >= 0.6 is 12.4 Å². The molecule has 1 heterocycles. The Morgan fingerprint density at radius 1 is 1.41 bits per heavy atom. The Morgan fingerprint density at radius 2 is 2.14 bits per heavy atom. The van der Waals surface area contributed by atoms with E-state index in [1.54, 1.807) is 0 Å². The van der Waals surface area contributed by atoms with Crippen molar-refractivity contribution in [3.63, 3.8) is 0 Å². The van der Waals surface area contributed by atoms with Crippen molar-refractivity contribution in [2.45, 2.75) is 18.6 Å². The van der Waals surface area contributed by atoms with Gasteiger partial charge >= 0.3 is 5.97 Å². The molecule has 22 heavy (non-hydrogen) atoms. The van der Waals surface area contributed by atoms with E-state index in [0.717, 1.165) is 12.1 Å². The molecular weight excluding hydrogens is 308 g/mol. The summed E-state index contributed by atoms with van der Waals surface area (Å²) in [5.74, 6) is -0.591. The van der Waals surface area contributed by atoms with Crippen LogP contribution in [0.4, 0.5) is 0 Å². The number of hydrogen-bond donors (Lipinski definition) is 2. The van der Waals surface area contributed by atoms with Crippen LogP contribution in [-0.4, -0.2) is 44.8 Å². The highest BCUT2D eigenvalue weighted by Gasteiger charge is 2.26. The Hall–Kier alpha value is -1.63. The van der Waals surface area contributed by atoms with E-state index >= 15 is 0 Å². The zero-order chi connectivity index (χ0) is 15.1. The van der Waals surface area contributed by atoms with Crippen LogP contribution < -0.4 is 10.6 Å². The van der Waals surface area contributed by atoms with Crippen LogP contribution in [0.3, 0.4) is 0 Å². The average Bonchev–Trinajstić information content (AvgIpc) is 2.55. The molecule has 1 aromatic carbocycles. The number of benzene rings is 1. The fraction of sp³-hybridized carbons (Fsp3) is 0.467. The van der Waals surface area contributed by atoms with Crippen LogP contribution in [0, 0.1) is 0 Å². The number of nitrogens with one attached hydrogen (secondary N) is 2. The van der Waals surface area contributed by atoms with Gasteiger partial charge in [0.2, 0.25) is 0 Å². The molecule has 1 aliphatic rings. The molecule has 122 valence electrons. The molecule has 7 heteroatoms. The molecule has 1 fully saturated rings. The first-order valence-electron chi connectivity index (χ1n) is 6.95. The number of hydrogen-bond acceptors (Lipinski definition) is 5. The molecular formula is C15H21ClN2O4. The number of esters is 1. The number of rotatable bonds is 5. The second-order valence-electron chi connectivity index (χ2n) is 4.82. The second-order valence-corrected chi connectivity index (χ2v) is 4.82. The third-order valence-corrected chi connectivity index (χ3v) is 3.34. The molecule has 1 aliphatic heterocycles. The van der Waals surface area contributed by atoms with Crippen molar-refractivity contribution in [2.24, 2.45) is 0 Å². The van der Waals surface area contributed by atoms with Crippen molar-refractivity contribution in [1.82, 2.24) is 10.6 Å². The molecule has 0 saturated carbocycles. The highest BCUT2D eigenvalue weighted by molar-refractivity contribution is 5.85. The minimum Gasteiger partial charge on any atom is -0.469 e. The van der Waals surface area contributed by atoms with Crippen LogP contribution in [0.15, 0.2) is 30.3 Å². The largest absolute Gasteiger partial charge is 0.469 e. The number of methoxy groups -OCH3 is 1. The van der Waals surface area contributed by atoms with Gasteiger partial charge in [-0.05, 0) is 5.56 Å². The van der Waals surface area contributed by atoms with Gasteiger partial charge in [-0.15, -0.1) is 12.4 Å². The maximum absolute atomic E-state index is 12.2. The van der Waals surface area contributed by atoms with Crippen LogP contribution in [0.2, 0.25) is 0 Å². The smallest absolute Gasteiger partial charge is 0.307 e. The molecule has 2 rings (SSSR count). The predicted octanol–water partition coefficient (Wildman–Crippen LogP) is 0.817. The van der Waals surface area contributed by atoms with Crippen LogP contribution in [0.25, 0.3) is 0 Å². The van der Waals surface area contributed by atoms with Crippen LogP contribution in [0.1, 0.15) is 18.0 Å². The lowest BCUT2D eigenvalue weighted by Crippen LogP contribution is -2.48. The fourth-order valence-corrected chi connectivity index (χ4v) is 2.19. The van der Waals surface area contributed by atoms with Crippen molar-refractivity contribution in [1.29, 1.82) is 0 Å². The van der Waals surface area contributed by atoms with E-state index in [-0.39, 0.29) is 30.7 Å². The van der Waals surface area contributed by atoms with E-state index in [1.807, 2.05) is 30.3 Å². The highest BCUT2D eigenvalue weighted by atomic mass is 35.5. The number of ether oxygens (including phenoxy) is 2. The van der Waals surface area contributed by atoms with Gasteiger partial charge in [0.05, 0.1) is 26.2 Å². The summed E-state index contributed by atoms with van der Waals surface area (Å²) in [6.45, 7) is 1.73. The predicted molar refractivity (Wildman–Crippen MR) is 83.8 cm³/mol. The van der Waals surface area contributed by atoms with E-state index in [0.29, 0.717) is 13.2 Å². The highest BCUT2D eigenvalue weighted by Crippen LogP contribution is 2.17. The summed E-state index contributed by atoms with van der Waals surface area (Å²) in [6.07, 6.45) is -0.436. The maximum Gasteiger partial charge on any atom is 0.307 e. The molecule has 0 radical (unpaired) electrons. The zero-order valence-corrected chi connectivity index (χ0v) is 13.2. The molecule has 1 amide bonds. The lowest BCUT2D eigenvalue weighted by Gasteiger charge is -2.25. The first-order chi connectivity index (χ1) is 10.2. The second kappa shape index (κ2) is 9.40. The Morgan fingerprint density at radius 3 is 2.73 bits per heavy atom. The number of halogens is 1. The fourth-order valence-electron chi connectivity index (χ4n) is 2.19. The Bertz CT molecular complexity index is 478.